The van der Waals surface area contributed by atoms with Crippen LogP contribution in [0.15, 0.2) is 24.5 Å². The van der Waals surface area contributed by atoms with Crippen molar-refractivity contribution in [2.24, 2.45) is 7.05 Å². The molecule has 0 aromatic carbocycles. The van der Waals surface area contributed by atoms with Crippen molar-refractivity contribution in [1.29, 1.82) is 0 Å². The summed E-state index contributed by atoms with van der Waals surface area (Å²) in [6.07, 6.45) is 4.77. The van der Waals surface area contributed by atoms with Crippen LogP contribution < -0.4 is 5.32 Å². The highest BCUT2D eigenvalue weighted by Gasteiger charge is 2.06. The van der Waals surface area contributed by atoms with Gasteiger partial charge in [0.25, 0.3) is 0 Å². The molecule has 1 N–H and O–H groups in total. The van der Waals surface area contributed by atoms with E-state index in [0.717, 1.165) is 25.2 Å². The van der Waals surface area contributed by atoms with E-state index in [0.29, 0.717) is 6.04 Å². The standard InChI is InChI=1S/C13H21N5/c1-4-12-8-13(17(3)16-12)9-14-11(2)10-18-7-5-6-15-18/h5-8,11,14H,4,9-10H2,1-3H3. The van der Waals surface area contributed by atoms with Crippen LogP contribution in [0.25, 0.3) is 0 Å². The summed E-state index contributed by atoms with van der Waals surface area (Å²) >= 11 is 0. The summed E-state index contributed by atoms with van der Waals surface area (Å²) in [5.41, 5.74) is 2.37. The summed E-state index contributed by atoms with van der Waals surface area (Å²) in [4.78, 5) is 0. The quantitative estimate of drug-likeness (QED) is 0.838. The second kappa shape index (κ2) is 5.82. The van der Waals surface area contributed by atoms with Gasteiger partial charge in [-0.1, -0.05) is 6.92 Å². The SMILES string of the molecule is CCc1cc(CNC(C)Cn2cccn2)n(C)n1. The highest BCUT2D eigenvalue weighted by Crippen LogP contribution is 2.04. The van der Waals surface area contributed by atoms with Gasteiger partial charge in [-0.15, -0.1) is 0 Å². The molecular formula is C13H21N5. The van der Waals surface area contributed by atoms with Crippen molar-refractivity contribution in [3.63, 3.8) is 0 Å². The van der Waals surface area contributed by atoms with Crippen molar-refractivity contribution in [3.8, 4) is 0 Å². The molecule has 5 heteroatoms. The van der Waals surface area contributed by atoms with E-state index in [4.69, 9.17) is 0 Å². The number of nitrogens with zero attached hydrogens (tertiary/aromatic N) is 4. The molecule has 0 saturated heterocycles. The molecule has 0 aliphatic heterocycles. The predicted octanol–water partition coefficient (Wildman–Crippen LogP) is 1.36. The molecule has 5 nitrogen and oxygen atoms in total. The van der Waals surface area contributed by atoms with E-state index < -0.39 is 0 Å². The van der Waals surface area contributed by atoms with Crippen molar-refractivity contribution < 1.29 is 0 Å². The molecule has 0 saturated carbocycles. The Hall–Kier alpha value is -1.62. The molecule has 1 unspecified atom stereocenters. The third-order valence-corrected chi connectivity index (χ3v) is 3.04. The summed E-state index contributed by atoms with van der Waals surface area (Å²) in [6, 6.07) is 4.49. The summed E-state index contributed by atoms with van der Waals surface area (Å²) in [6.45, 7) is 6.01. The second-order valence-electron chi connectivity index (χ2n) is 4.61. The van der Waals surface area contributed by atoms with Crippen LogP contribution in [0.4, 0.5) is 0 Å². The number of rotatable bonds is 6. The van der Waals surface area contributed by atoms with Gasteiger partial charge in [0.1, 0.15) is 0 Å². The maximum atomic E-state index is 4.44. The van der Waals surface area contributed by atoms with Crippen molar-refractivity contribution in [2.45, 2.75) is 39.4 Å². The van der Waals surface area contributed by atoms with Crippen LogP contribution in [0, 0.1) is 0 Å². The van der Waals surface area contributed by atoms with Crippen LogP contribution in [0.5, 0.6) is 0 Å². The highest BCUT2D eigenvalue weighted by molar-refractivity contribution is 5.09. The van der Waals surface area contributed by atoms with Gasteiger partial charge in [-0.25, -0.2) is 0 Å². The lowest BCUT2D eigenvalue weighted by Crippen LogP contribution is -2.30. The first-order valence-corrected chi connectivity index (χ1v) is 6.41. The predicted molar refractivity (Wildman–Crippen MR) is 71.1 cm³/mol. The largest absolute Gasteiger partial charge is 0.307 e. The molecule has 0 radical (unpaired) electrons. The topological polar surface area (TPSA) is 47.7 Å². The van der Waals surface area contributed by atoms with Gasteiger partial charge in [0, 0.05) is 32.0 Å². The van der Waals surface area contributed by atoms with E-state index >= 15 is 0 Å². The van der Waals surface area contributed by atoms with Gasteiger partial charge >= 0.3 is 0 Å². The molecule has 0 spiro atoms. The molecule has 2 rings (SSSR count). The maximum absolute atomic E-state index is 4.44. The Labute approximate surface area is 108 Å². The zero-order valence-corrected chi connectivity index (χ0v) is 11.3. The van der Waals surface area contributed by atoms with Crippen LogP contribution in [-0.4, -0.2) is 25.6 Å². The first kappa shape index (κ1) is 12.8. The van der Waals surface area contributed by atoms with Gasteiger partial charge in [-0.05, 0) is 25.5 Å². The molecule has 18 heavy (non-hydrogen) atoms. The third-order valence-electron chi connectivity index (χ3n) is 3.04. The monoisotopic (exact) mass is 247 g/mol. The van der Waals surface area contributed by atoms with Crippen LogP contribution in [0.2, 0.25) is 0 Å². The summed E-state index contributed by atoms with van der Waals surface area (Å²) in [5, 5.41) is 12.1. The Morgan fingerprint density at radius 2 is 2.28 bits per heavy atom. The molecule has 2 aromatic rings. The summed E-state index contributed by atoms with van der Waals surface area (Å²) in [7, 11) is 1.99. The lowest BCUT2D eigenvalue weighted by molar-refractivity contribution is 0.443. The van der Waals surface area contributed by atoms with E-state index in [1.165, 1.54) is 5.69 Å². The molecule has 2 heterocycles. The molecule has 2 aromatic heterocycles. The number of aromatic nitrogens is 4. The molecule has 0 aliphatic rings. The van der Waals surface area contributed by atoms with E-state index in [-0.39, 0.29) is 0 Å². The first-order chi connectivity index (χ1) is 8.69. The van der Waals surface area contributed by atoms with Crippen molar-refractivity contribution in [3.05, 3.63) is 35.9 Å². The van der Waals surface area contributed by atoms with E-state index in [9.17, 15) is 0 Å². The molecule has 0 fully saturated rings. The molecule has 0 bridgehead atoms. The normalized spacial score (nSPS) is 12.8. The zero-order valence-electron chi connectivity index (χ0n) is 11.3. The average molecular weight is 247 g/mol. The van der Waals surface area contributed by atoms with E-state index in [1.54, 1.807) is 6.20 Å². The van der Waals surface area contributed by atoms with Gasteiger partial charge in [0.15, 0.2) is 0 Å². The van der Waals surface area contributed by atoms with Crippen LogP contribution in [-0.2, 0) is 26.6 Å². The Bertz CT molecular complexity index is 472. The minimum Gasteiger partial charge on any atom is -0.307 e. The fourth-order valence-corrected chi connectivity index (χ4v) is 1.94. The van der Waals surface area contributed by atoms with E-state index in [2.05, 4.69) is 35.4 Å². The van der Waals surface area contributed by atoms with Gasteiger partial charge in [0.2, 0.25) is 0 Å². The first-order valence-electron chi connectivity index (χ1n) is 6.41. The highest BCUT2D eigenvalue weighted by atomic mass is 15.3. The Morgan fingerprint density at radius 1 is 1.44 bits per heavy atom. The molecular weight excluding hydrogens is 226 g/mol. The molecule has 98 valence electrons. The molecule has 0 amide bonds. The second-order valence-corrected chi connectivity index (χ2v) is 4.61. The van der Waals surface area contributed by atoms with Crippen LogP contribution in [0.3, 0.4) is 0 Å². The van der Waals surface area contributed by atoms with E-state index in [1.807, 2.05) is 28.7 Å². The lowest BCUT2D eigenvalue weighted by atomic mass is 10.3. The summed E-state index contributed by atoms with van der Waals surface area (Å²) in [5.74, 6) is 0. The number of aryl methyl sites for hydroxylation is 2. The van der Waals surface area contributed by atoms with Gasteiger partial charge in [-0.3, -0.25) is 9.36 Å². The fraction of sp³-hybridized carbons (Fsp3) is 0.538. The van der Waals surface area contributed by atoms with Crippen LogP contribution in [0.1, 0.15) is 25.2 Å². The number of hydrogen-bond donors (Lipinski definition) is 1. The van der Waals surface area contributed by atoms with Crippen molar-refractivity contribution >= 4 is 0 Å². The Balaban J connectivity index is 1.85. The molecule has 0 aliphatic carbocycles. The number of nitrogens with one attached hydrogen (secondary N) is 1. The molecule has 1 atom stereocenters. The Morgan fingerprint density at radius 3 is 2.89 bits per heavy atom. The smallest absolute Gasteiger partial charge is 0.0625 e. The fourth-order valence-electron chi connectivity index (χ4n) is 1.94. The minimum atomic E-state index is 0.380. The van der Waals surface area contributed by atoms with Crippen molar-refractivity contribution in [1.82, 2.24) is 24.9 Å². The van der Waals surface area contributed by atoms with Crippen LogP contribution >= 0.6 is 0 Å². The average Bonchev–Trinajstić information content (AvgIpc) is 2.96. The number of hydrogen-bond acceptors (Lipinski definition) is 3. The van der Waals surface area contributed by atoms with Gasteiger partial charge in [0.05, 0.1) is 17.9 Å². The van der Waals surface area contributed by atoms with Crippen molar-refractivity contribution in [2.75, 3.05) is 0 Å². The van der Waals surface area contributed by atoms with Gasteiger partial charge in [-0.2, -0.15) is 10.2 Å². The minimum absolute atomic E-state index is 0.380. The third kappa shape index (κ3) is 3.20. The summed E-state index contributed by atoms with van der Waals surface area (Å²) < 4.78 is 3.89. The zero-order chi connectivity index (χ0) is 13.0. The lowest BCUT2D eigenvalue weighted by Gasteiger charge is -2.13. The van der Waals surface area contributed by atoms with Gasteiger partial charge < -0.3 is 5.32 Å². The maximum Gasteiger partial charge on any atom is 0.0625 e. The Kier molecular flexibility index (Phi) is 4.15.